The molecule has 2 nitrogen and oxygen atoms in total. The Hall–Kier alpha value is -0.860. The Bertz CT molecular complexity index is 363. The average molecular weight is 260 g/mol. The molecule has 106 valence electrons. The average Bonchev–Trinajstić information content (AvgIpc) is 2.42. The zero-order valence-electron chi connectivity index (χ0n) is 12.7. The van der Waals surface area contributed by atoms with Crippen molar-refractivity contribution < 1.29 is 0 Å². The molecule has 19 heavy (non-hydrogen) atoms. The van der Waals surface area contributed by atoms with Gasteiger partial charge in [-0.15, -0.1) is 0 Å². The SMILES string of the molecule is CNCc1ccc(CN(C)C2CCC(C)CC2)cc1. The summed E-state index contributed by atoms with van der Waals surface area (Å²) < 4.78 is 0. The van der Waals surface area contributed by atoms with Gasteiger partial charge in [-0.25, -0.2) is 0 Å². The van der Waals surface area contributed by atoms with Crippen molar-refractivity contribution in [1.82, 2.24) is 10.2 Å². The first-order chi connectivity index (χ1) is 9.19. The number of rotatable bonds is 5. The van der Waals surface area contributed by atoms with Gasteiger partial charge < -0.3 is 5.32 Å². The van der Waals surface area contributed by atoms with Gasteiger partial charge in [0, 0.05) is 19.1 Å². The minimum absolute atomic E-state index is 0.785. The molecule has 0 aliphatic heterocycles. The van der Waals surface area contributed by atoms with Crippen molar-refractivity contribution in [2.75, 3.05) is 14.1 Å². The zero-order valence-corrected chi connectivity index (χ0v) is 12.7. The van der Waals surface area contributed by atoms with Crippen molar-refractivity contribution in [1.29, 1.82) is 0 Å². The van der Waals surface area contributed by atoms with Crippen molar-refractivity contribution in [3.05, 3.63) is 35.4 Å². The summed E-state index contributed by atoms with van der Waals surface area (Å²) >= 11 is 0. The van der Waals surface area contributed by atoms with Crippen molar-refractivity contribution in [2.45, 2.75) is 51.7 Å². The molecule has 0 heterocycles. The van der Waals surface area contributed by atoms with E-state index in [0.717, 1.165) is 25.0 Å². The fraction of sp³-hybridized carbons (Fsp3) is 0.647. The van der Waals surface area contributed by atoms with Crippen LogP contribution in [0, 0.1) is 5.92 Å². The van der Waals surface area contributed by atoms with Gasteiger partial charge in [-0.1, -0.05) is 31.2 Å². The second-order valence-electron chi connectivity index (χ2n) is 6.18. The van der Waals surface area contributed by atoms with Crippen LogP contribution in [0.5, 0.6) is 0 Å². The van der Waals surface area contributed by atoms with Gasteiger partial charge in [-0.05, 0) is 56.8 Å². The largest absolute Gasteiger partial charge is 0.316 e. The van der Waals surface area contributed by atoms with E-state index in [2.05, 4.69) is 48.5 Å². The van der Waals surface area contributed by atoms with E-state index in [1.165, 1.54) is 36.8 Å². The van der Waals surface area contributed by atoms with Crippen LogP contribution in [0.25, 0.3) is 0 Å². The van der Waals surface area contributed by atoms with Crippen LogP contribution >= 0.6 is 0 Å². The highest BCUT2D eigenvalue weighted by atomic mass is 15.1. The van der Waals surface area contributed by atoms with E-state index in [-0.39, 0.29) is 0 Å². The molecule has 1 aromatic rings. The Balaban J connectivity index is 1.86. The van der Waals surface area contributed by atoms with Gasteiger partial charge in [-0.3, -0.25) is 4.90 Å². The fourth-order valence-corrected chi connectivity index (χ4v) is 3.07. The molecule has 1 N–H and O–H groups in total. The van der Waals surface area contributed by atoms with E-state index in [9.17, 15) is 0 Å². The minimum Gasteiger partial charge on any atom is -0.316 e. The lowest BCUT2D eigenvalue weighted by molar-refractivity contribution is 0.164. The van der Waals surface area contributed by atoms with Crippen LogP contribution in [-0.4, -0.2) is 25.0 Å². The van der Waals surface area contributed by atoms with Gasteiger partial charge in [0.25, 0.3) is 0 Å². The molecule has 1 fully saturated rings. The van der Waals surface area contributed by atoms with Crippen molar-refractivity contribution in [3.63, 3.8) is 0 Å². The number of benzene rings is 1. The molecular formula is C17H28N2. The summed E-state index contributed by atoms with van der Waals surface area (Å²) in [6.45, 7) is 4.42. The van der Waals surface area contributed by atoms with E-state index in [1.54, 1.807) is 0 Å². The normalized spacial score (nSPS) is 23.8. The third kappa shape index (κ3) is 4.32. The molecule has 0 bridgehead atoms. The molecule has 1 aromatic carbocycles. The van der Waals surface area contributed by atoms with Crippen molar-refractivity contribution >= 4 is 0 Å². The maximum Gasteiger partial charge on any atom is 0.0233 e. The molecule has 0 radical (unpaired) electrons. The molecule has 2 heteroatoms. The highest BCUT2D eigenvalue weighted by Gasteiger charge is 2.21. The van der Waals surface area contributed by atoms with E-state index >= 15 is 0 Å². The number of hydrogen-bond donors (Lipinski definition) is 1. The number of hydrogen-bond acceptors (Lipinski definition) is 2. The maximum absolute atomic E-state index is 3.19. The molecule has 2 rings (SSSR count). The molecule has 1 aliphatic rings. The summed E-state index contributed by atoms with van der Waals surface area (Å²) in [6.07, 6.45) is 5.54. The molecule has 0 saturated heterocycles. The third-order valence-electron chi connectivity index (χ3n) is 4.44. The molecule has 0 unspecified atom stereocenters. The quantitative estimate of drug-likeness (QED) is 0.872. The third-order valence-corrected chi connectivity index (χ3v) is 4.44. The van der Waals surface area contributed by atoms with Gasteiger partial charge in [-0.2, -0.15) is 0 Å². The zero-order chi connectivity index (χ0) is 13.7. The second kappa shape index (κ2) is 7.06. The maximum atomic E-state index is 3.19. The first kappa shape index (κ1) is 14.5. The monoisotopic (exact) mass is 260 g/mol. The Morgan fingerprint density at radius 2 is 1.63 bits per heavy atom. The summed E-state index contributed by atoms with van der Waals surface area (Å²) in [5.74, 6) is 0.936. The predicted molar refractivity (Wildman–Crippen MR) is 82.1 cm³/mol. The number of nitrogens with zero attached hydrogens (tertiary/aromatic N) is 1. The van der Waals surface area contributed by atoms with Crippen LogP contribution in [0.2, 0.25) is 0 Å². The molecule has 1 aliphatic carbocycles. The van der Waals surface area contributed by atoms with Gasteiger partial charge in [0.2, 0.25) is 0 Å². The predicted octanol–water partition coefficient (Wildman–Crippen LogP) is 3.42. The lowest BCUT2D eigenvalue weighted by Gasteiger charge is -2.33. The number of nitrogens with one attached hydrogen (secondary N) is 1. The van der Waals surface area contributed by atoms with E-state index in [4.69, 9.17) is 0 Å². The Morgan fingerprint density at radius 3 is 2.21 bits per heavy atom. The summed E-state index contributed by atoms with van der Waals surface area (Å²) in [6, 6.07) is 9.81. The van der Waals surface area contributed by atoms with E-state index in [1.807, 2.05) is 7.05 Å². The minimum atomic E-state index is 0.785. The Kier molecular flexibility index (Phi) is 5.41. The lowest BCUT2D eigenvalue weighted by atomic mass is 9.86. The summed E-state index contributed by atoms with van der Waals surface area (Å²) in [7, 11) is 4.27. The molecule has 0 amide bonds. The summed E-state index contributed by atoms with van der Waals surface area (Å²) in [5.41, 5.74) is 2.79. The standard InChI is InChI=1S/C17H28N2/c1-14-4-10-17(11-5-14)19(3)13-16-8-6-15(7-9-16)12-18-2/h6-9,14,17-18H,4-5,10-13H2,1-3H3. The molecular weight excluding hydrogens is 232 g/mol. The van der Waals surface area contributed by atoms with Gasteiger partial charge in [0.1, 0.15) is 0 Å². The second-order valence-corrected chi connectivity index (χ2v) is 6.18. The van der Waals surface area contributed by atoms with Gasteiger partial charge in [0.15, 0.2) is 0 Å². The summed E-state index contributed by atoms with van der Waals surface area (Å²) in [5, 5.41) is 3.19. The van der Waals surface area contributed by atoms with Crippen molar-refractivity contribution in [3.8, 4) is 0 Å². The van der Waals surface area contributed by atoms with Crippen LogP contribution in [0.3, 0.4) is 0 Å². The molecule has 0 atom stereocenters. The van der Waals surface area contributed by atoms with Crippen molar-refractivity contribution in [2.24, 2.45) is 5.92 Å². The molecule has 0 spiro atoms. The van der Waals surface area contributed by atoms with Gasteiger partial charge >= 0.3 is 0 Å². The van der Waals surface area contributed by atoms with E-state index < -0.39 is 0 Å². The first-order valence-electron chi connectivity index (χ1n) is 7.61. The fourth-order valence-electron chi connectivity index (χ4n) is 3.07. The van der Waals surface area contributed by atoms with Crippen LogP contribution in [0.4, 0.5) is 0 Å². The molecule has 1 saturated carbocycles. The van der Waals surface area contributed by atoms with E-state index in [0.29, 0.717) is 0 Å². The van der Waals surface area contributed by atoms with Crippen LogP contribution in [0.15, 0.2) is 24.3 Å². The Morgan fingerprint density at radius 1 is 1.05 bits per heavy atom. The summed E-state index contributed by atoms with van der Waals surface area (Å²) in [4.78, 5) is 2.54. The van der Waals surface area contributed by atoms with Crippen LogP contribution in [-0.2, 0) is 13.1 Å². The highest BCUT2D eigenvalue weighted by Crippen LogP contribution is 2.27. The first-order valence-corrected chi connectivity index (χ1v) is 7.61. The lowest BCUT2D eigenvalue weighted by Crippen LogP contribution is -2.34. The van der Waals surface area contributed by atoms with Crippen LogP contribution < -0.4 is 5.32 Å². The highest BCUT2D eigenvalue weighted by molar-refractivity contribution is 5.22. The smallest absolute Gasteiger partial charge is 0.0233 e. The Labute approximate surface area is 118 Å². The topological polar surface area (TPSA) is 15.3 Å². The van der Waals surface area contributed by atoms with Gasteiger partial charge in [0.05, 0.1) is 0 Å². The molecule has 0 aromatic heterocycles. The van der Waals surface area contributed by atoms with Crippen LogP contribution in [0.1, 0.15) is 43.7 Å².